The number of amides is 1. The second-order valence-corrected chi connectivity index (χ2v) is 7.12. The normalized spacial score (nSPS) is 12.0. The molecule has 0 aliphatic heterocycles. The van der Waals surface area contributed by atoms with Crippen LogP contribution in [0.4, 0.5) is 15.8 Å². The van der Waals surface area contributed by atoms with Gasteiger partial charge in [0.2, 0.25) is 5.91 Å². The zero-order valence-electron chi connectivity index (χ0n) is 11.2. The molecule has 0 radical (unpaired) electrons. The minimum Gasteiger partial charge on any atom is -0.399 e. The highest BCUT2D eigenvalue weighted by Gasteiger charge is 2.09. The lowest BCUT2D eigenvalue weighted by Gasteiger charge is -2.07. The summed E-state index contributed by atoms with van der Waals surface area (Å²) in [7, 11) is -1.08. The summed E-state index contributed by atoms with van der Waals surface area (Å²) in [6.07, 6.45) is 0.658. The lowest BCUT2D eigenvalue weighted by Crippen LogP contribution is -2.13. The molecular weight excluding hydrogens is 311 g/mol. The van der Waals surface area contributed by atoms with E-state index in [1.54, 1.807) is 0 Å². The third-order valence-corrected chi connectivity index (χ3v) is 5.47. The number of rotatable bonds is 6. The van der Waals surface area contributed by atoms with Crippen LogP contribution in [0.1, 0.15) is 12.8 Å². The van der Waals surface area contributed by atoms with Gasteiger partial charge in [0, 0.05) is 17.9 Å². The van der Waals surface area contributed by atoms with Crippen molar-refractivity contribution >= 4 is 39.4 Å². The Hall–Kier alpha value is -1.73. The Kier molecular flexibility index (Phi) is 5.46. The Labute approximate surface area is 128 Å². The molecule has 112 valence electrons. The molecule has 1 unspecified atom stereocenters. The van der Waals surface area contributed by atoms with Gasteiger partial charge in [0.05, 0.1) is 20.7 Å². The van der Waals surface area contributed by atoms with Gasteiger partial charge < -0.3 is 11.1 Å². The number of carbonyl (C=O) groups excluding carboxylic acids is 1. The predicted molar refractivity (Wildman–Crippen MR) is 84.3 cm³/mol. The monoisotopic (exact) mass is 326 g/mol. The largest absolute Gasteiger partial charge is 0.399 e. The van der Waals surface area contributed by atoms with Crippen molar-refractivity contribution in [1.29, 1.82) is 0 Å². The van der Waals surface area contributed by atoms with Gasteiger partial charge >= 0.3 is 0 Å². The number of thiophene rings is 1. The smallest absolute Gasteiger partial charge is 0.224 e. The molecule has 1 aromatic carbocycles. The van der Waals surface area contributed by atoms with Gasteiger partial charge in [-0.15, -0.1) is 11.3 Å². The first-order valence-electron chi connectivity index (χ1n) is 6.33. The zero-order valence-corrected chi connectivity index (χ0v) is 12.8. The number of hydrogen-bond acceptors (Lipinski definition) is 4. The Morgan fingerprint density at radius 2 is 2.19 bits per heavy atom. The molecule has 0 saturated carbocycles. The minimum absolute atomic E-state index is 0.0689. The molecule has 0 aliphatic rings. The van der Waals surface area contributed by atoms with Crippen molar-refractivity contribution in [3.8, 4) is 0 Å². The van der Waals surface area contributed by atoms with Crippen LogP contribution in [-0.4, -0.2) is 15.9 Å². The van der Waals surface area contributed by atoms with Gasteiger partial charge in [0.15, 0.2) is 0 Å². The molecule has 7 heteroatoms. The first-order chi connectivity index (χ1) is 10.1. The van der Waals surface area contributed by atoms with Crippen LogP contribution >= 0.6 is 11.3 Å². The number of benzene rings is 1. The predicted octanol–water partition coefficient (Wildman–Crippen LogP) is 3.00. The van der Waals surface area contributed by atoms with Crippen LogP contribution in [0, 0.1) is 5.82 Å². The van der Waals surface area contributed by atoms with Gasteiger partial charge in [-0.25, -0.2) is 4.39 Å². The molecule has 1 amide bonds. The molecule has 2 aromatic rings. The third kappa shape index (κ3) is 4.64. The van der Waals surface area contributed by atoms with Crippen molar-refractivity contribution < 1.29 is 13.4 Å². The molecule has 3 N–H and O–H groups in total. The maximum Gasteiger partial charge on any atom is 0.224 e. The average Bonchev–Trinajstić information content (AvgIpc) is 2.97. The first-order valence-corrected chi connectivity index (χ1v) is 8.53. The number of hydrogen-bond donors (Lipinski definition) is 2. The molecule has 0 aliphatic carbocycles. The molecule has 0 spiro atoms. The van der Waals surface area contributed by atoms with E-state index >= 15 is 0 Å². The molecule has 1 atom stereocenters. The SMILES string of the molecule is Nc1ccc(F)c(NC(=O)CCCS(=O)c2cccs2)c1. The molecule has 0 bridgehead atoms. The van der Waals surface area contributed by atoms with Crippen molar-refractivity contribution in [3.63, 3.8) is 0 Å². The van der Waals surface area contributed by atoms with E-state index in [-0.39, 0.29) is 18.0 Å². The van der Waals surface area contributed by atoms with Crippen molar-refractivity contribution in [2.75, 3.05) is 16.8 Å². The number of nitrogen functional groups attached to an aromatic ring is 1. The summed E-state index contributed by atoms with van der Waals surface area (Å²) in [4.78, 5) is 11.7. The van der Waals surface area contributed by atoms with E-state index in [1.807, 2.05) is 17.5 Å². The quantitative estimate of drug-likeness (QED) is 0.802. The Balaban J connectivity index is 1.80. The van der Waals surface area contributed by atoms with Crippen LogP contribution in [0.2, 0.25) is 0 Å². The number of nitrogens with one attached hydrogen (secondary N) is 1. The second-order valence-electron chi connectivity index (χ2n) is 4.37. The van der Waals surface area contributed by atoms with Crippen LogP contribution in [0.25, 0.3) is 0 Å². The van der Waals surface area contributed by atoms with E-state index in [0.29, 0.717) is 17.9 Å². The van der Waals surface area contributed by atoms with Gasteiger partial charge in [0.1, 0.15) is 5.82 Å². The third-order valence-electron chi connectivity index (χ3n) is 2.72. The van der Waals surface area contributed by atoms with Gasteiger partial charge in [0.25, 0.3) is 0 Å². The van der Waals surface area contributed by atoms with Gasteiger partial charge in [-0.1, -0.05) is 6.07 Å². The van der Waals surface area contributed by atoms with Crippen molar-refractivity contribution in [2.24, 2.45) is 0 Å². The maximum absolute atomic E-state index is 13.4. The summed E-state index contributed by atoms with van der Waals surface area (Å²) in [5.74, 6) is -0.435. The van der Waals surface area contributed by atoms with E-state index in [0.717, 1.165) is 4.21 Å². The van der Waals surface area contributed by atoms with Crippen LogP contribution < -0.4 is 11.1 Å². The summed E-state index contributed by atoms with van der Waals surface area (Å²) in [5.41, 5.74) is 5.99. The van der Waals surface area contributed by atoms with E-state index in [1.165, 1.54) is 29.5 Å². The summed E-state index contributed by atoms with van der Waals surface area (Å²) in [6.45, 7) is 0. The summed E-state index contributed by atoms with van der Waals surface area (Å²) >= 11 is 1.43. The first kappa shape index (κ1) is 15.7. The maximum atomic E-state index is 13.4. The van der Waals surface area contributed by atoms with Crippen LogP contribution in [-0.2, 0) is 15.6 Å². The van der Waals surface area contributed by atoms with Crippen molar-refractivity contribution in [2.45, 2.75) is 17.1 Å². The highest BCUT2D eigenvalue weighted by molar-refractivity contribution is 7.87. The molecule has 1 aromatic heterocycles. The Morgan fingerprint density at radius 3 is 2.90 bits per heavy atom. The van der Waals surface area contributed by atoms with Crippen LogP contribution in [0.3, 0.4) is 0 Å². The number of carbonyl (C=O) groups is 1. The fourth-order valence-electron chi connectivity index (χ4n) is 1.71. The molecule has 4 nitrogen and oxygen atoms in total. The molecule has 0 saturated heterocycles. The fourth-order valence-corrected chi connectivity index (χ4v) is 3.84. The highest BCUT2D eigenvalue weighted by Crippen LogP contribution is 2.18. The van der Waals surface area contributed by atoms with E-state index in [9.17, 15) is 13.4 Å². The molecule has 0 fully saturated rings. The van der Waals surface area contributed by atoms with E-state index < -0.39 is 16.6 Å². The number of nitrogens with two attached hydrogens (primary N) is 1. The lowest BCUT2D eigenvalue weighted by atomic mass is 10.2. The average molecular weight is 326 g/mol. The number of halogens is 1. The Bertz CT molecular complexity index is 644. The van der Waals surface area contributed by atoms with Gasteiger partial charge in [-0.3, -0.25) is 9.00 Å². The lowest BCUT2D eigenvalue weighted by molar-refractivity contribution is -0.116. The number of anilines is 2. The molecular formula is C14H15FN2O2S2. The van der Waals surface area contributed by atoms with Gasteiger partial charge in [-0.2, -0.15) is 0 Å². The van der Waals surface area contributed by atoms with Crippen LogP contribution in [0.5, 0.6) is 0 Å². The fraction of sp³-hybridized carbons (Fsp3) is 0.214. The summed E-state index contributed by atoms with van der Waals surface area (Å²) in [5, 5.41) is 4.33. The standard InChI is InChI=1S/C14H15FN2O2S2/c15-11-6-5-10(16)9-12(11)17-13(18)3-2-8-21(19)14-4-1-7-20-14/h1,4-7,9H,2-3,8,16H2,(H,17,18). The summed E-state index contributed by atoms with van der Waals surface area (Å²) < 4.78 is 26.1. The zero-order chi connectivity index (χ0) is 15.2. The van der Waals surface area contributed by atoms with E-state index in [4.69, 9.17) is 5.73 Å². The molecule has 1 heterocycles. The second kappa shape index (κ2) is 7.33. The Morgan fingerprint density at radius 1 is 1.38 bits per heavy atom. The van der Waals surface area contributed by atoms with Crippen molar-refractivity contribution in [3.05, 3.63) is 41.5 Å². The molecule has 21 heavy (non-hydrogen) atoms. The summed E-state index contributed by atoms with van der Waals surface area (Å²) in [6, 6.07) is 7.65. The van der Waals surface area contributed by atoms with Crippen LogP contribution in [0.15, 0.2) is 39.9 Å². The minimum atomic E-state index is -1.08. The highest BCUT2D eigenvalue weighted by atomic mass is 32.2. The molecule has 2 rings (SSSR count). The van der Waals surface area contributed by atoms with Gasteiger partial charge in [-0.05, 0) is 36.1 Å². The van der Waals surface area contributed by atoms with Crippen molar-refractivity contribution in [1.82, 2.24) is 0 Å². The van der Waals surface area contributed by atoms with E-state index in [2.05, 4.69) is 5.32 Å². The topological polar surface area (TPSA) is 72.2 Å².